The van der Waals surface area contributed by atoms with Crippen molar-refractivity contribution in [3.63, 3.8) is 0 Å². The van der Waals surface area contributed by atoms with Crippen LogP contribution in [-0.4, -0.2) is 19.5 Å². The van der Waals surface area contributed by atoms with Crippen molar-refractivity contribution in [2.45, 2.75) is 53.2 Å². The molecule has 1 heterocycles. The van der Waals surface area contributed by atoms with Crippen LogP contribution in [0, 0.1) is 23.2 Å². The van der Waals surface area contributed by atoms with E-state index >= 15 is 0 Å². The third kappa shape index (κ3) is 2.28. The summed E-state index contributed by atoms with van der Waals surface area (Å²) < 4.78 is 11.8. The molecule has 1 aliphatic heterocycles. The van der Waals surface area contributed by atoms with Crippen LogP contribution in [0.4, 0.5) is 0 Å². The van der Waals surface area contributed by atoms with Crippen molar-refractivity contribution < 1.29 is 9.47 Å². The third-order valence-corrected chi connectivity index (χ3v) is 4.91. The van der Waals surface area contributed by atoms with E-state index in [0.717, 1.165) is 32.0 Å². The number of ether oxygens (including phenoxy) is 2. The van der Waals surface area contributed by atoms with Gasteiger partial charge in [-0.05, 0) is 36.5 Å². The standard InChI is InChI=1S/C14H26O2/c1-10-11(2)14(3,4)9-12(10)13-15-7-5-6-8-16-13/h10-13H,5-9H2,1-4H3. The van der Waals surface area contributed by atoms with Gasteiger partial charge in [-0.1, -0.05) is 27.7 Å². The maximum absolute atomic E-state index is 5.88. The van der Waals surface area contributed by atoms with E-state index < -0.39 is 0 Å². The fourth-order valence-electron chi connectivity index (χ4n) is 3.30. The normalized spacial score (nSPS) is 40.9. The van der Waals surface area contributed by atoms with Crippen LogP contribution in [0.5, 0.6) is 0 Å². The van der Waals surface area contributed by atoms with E-state index in [2.05, 4.69) is 27.7 Å². The fraction of sp³-hybridized carbons (Fsp3) is 1.00. The number of hydrogen-bond donors (Lipinski definition) is 0. The van der Waals surface area contributed by atoms with Gasteiger partial charge >= 0.3 is 0 Å². The van der Waals surface area contributed by atoms with Crippen molar-refractivity contribution in [3.05, 3.63) is 0 Å². The van der Waals surface area contributed by atoms with E-state index in [1.165, 1.54) is 6.42 Å². The molecule has 0 aromatic carbocycles. The molecule has 2 aliphatic rings. The summed E-state index contributed by atoms with van der Waals surface area (Å²) in [6.45, 7) is 11.3. The number of hydrogen-bond acceptors (Lipinski definition) is 2. The van der Waals surface area contributed by atoms with E-state index in [0.29, 0.717) is 17.3 Å². The largest absolute Gasteiger partial charge is 0.352 e. The predicted octanol–water partition coefficient (Wildman–Crippen LogP) is 3.46. The Morgan fingerprint density at radius 1 is 1.00 bits per heavy atom. The molecular formula is C14H26O2. The second-order valence-electron chi connectivity index (χ2n) is 6.32. The van der Waals surface area contributed by atoms with E-state index in [4.69, 9.17) is 9.47 Å². The summed E-state index contributed by atoms with van der Waals surface area (Å²) in [7, 11) is 0. The molecule has 1 aliphatic carbocycles. The van der Waals surface area contributed by atoms with Crippen molar-refractivity contribution in [3.8, 4) is 0 Å². The van der Waals surface area contributed by atoms with Gasteiger partial charge in [-0.2, -0.15) is 0 Å². The molecule has 2 heteroatoms. The molecule has 0 N–H and O–H groups in total. The van der Waals surface area contributed by atoms with Gasteiger partial charge in [-0.3, -0.25) is 0 Å². The molecule has 0 amide bonds. The van der Waals surface area contributed by atoms with Crippen LogP contribution in [-0.2, 0) is 9.47 Å². The van der Waals surface area contributed by atoms with E-state index in [-0.39, 0.29) is 6.29 Å². The second-order valence-corrected chi connectivity index (χ2v) is 6.32. The van der Waals surface area contributed by atoms with Gasteiger partial charge in [-0.15, -0.1) is 0 Å². The molecule has 1 saturated heterocycles. The highest BCUT2D eigenvalue weighted by Crippen LogP contribution is 2.51. The molecule has 94 valence electrons. The van der Waals surface area contributed by atoms with Gasteiger partial charge in [0.15, 0.2) is 6.29 Å². The van der Waals surface area contributed by atoms with Crippen molar-refractivity contribution >= 4 is 0 Å². The lowest BCUT2D eigenvalue weighted by molar-refractivity contribution is -0.165. The molecule has 0 spiro atoms. The predicted molar refractivity (Wildman–Crippen MR) is 65.1 cm³/mol. The van der Waals surface area contributed by atoms with Gasteiger partial charge in [0, 0.05) is 19.1 Å². The Morgan fingerprint density at radius 3 is 2.00 bits per heavy atom. The van der Waals surface area contributed by atoms with Crippen LogP contribution in [0.15, 0.2) is 0 Å². The molecule has 16 heavy (non-hydrogen) atoms. The lowest BCUT2D eigenvalue weighted by Crippen LogP contribution is -2.29. The first-order chi connectivity index (χ1) is 7.52. The van der Waals surface area contributed by atoms with Gasteiger partial charge < -0.3 is 9.47 Å². The summed E-state index contributed by atoms with van der Waals surface area (Å²) in [6.07, 6.45) is 3.59. The maximum Gasteiger partial charge on any atom is 0.160 e. The minimum Gasteiger partial charge on any atom is -0.352 e. The quantitative estimate of drug-likeness (QED) is 0.681. The first-order valence-corrected chi connectivity index (χ1v) is 6.75. The second kappa shape index (κ2) is 4.66. The molecule has 3 atom stereocenters. The van der Waals surface area contributed by atoms with E-state index in [9.17, 15) is 0 Å². The van der Waals surface area contributed by atoms with Crippen molar-refractivity contribution in [1.29, 1.82) is 0 Å². The van der Waals surface area contributed by atoms with Crippen molar-refractivity contribution in [1.82, 2.24) is 0 Å². The lowest BCUT2D eigenvalue weighted by Gasteiger charge is -2.26. The Kier molecular flexibility index (Phi) is 3.60. The van der Waals surface area contributed by atoms with Crippen molar-refractivity contribution in [2.75, 3.05) is 13.2 Å². The van der Waals surface area contributed by atoms with Gasteiger partial charge in [0.05, 0.1) is 0 Å². The molecule has 0 radical (unpaired) electrons. The SMILES string of the molecule is CC1C(C2OCCCCO2)CC(C)(C)C1C. The summed E-state index contributed by atoms with van der Waals surface area (Å²) in [5, 5.41) is 0. The molecule has 0 aromatic heterocycles. The average molecular weight is 226 g/mol. The van der Waals surface area contributed by atoms with Gasteiger partial charge in [0.2, 0.25) is 0 Å². The average Bonchev–Trinajstić information content (AvgIpc) is 2.51. The molecule has 3 unspecified atom stereocenters. The van der Waals surface area contributed by atoms with Gasteiger partial charge in [0.1, 0.15) is 0 Å². The maximum atomic E-state index is 5.88. The molecule has 1 saturated carbocycles. The Morgan fingerprint density at radius 2 is 1.56 bits per heavy atom. The monoisotopic (exact) mass is 226 g/mol. The van der Waals surface area contributed by atoms with Crippen LogP contribution >= 0.6 is 0 Å². The topological polar surface area (TPSA) is 18.5 Å². The summed E-state index contributed by atoms with van der Waals surface area (Å²) in [5.41, 5.74) is 0.434. The summed E-state index contributed by atoms with van der Waals surface area (Å²) >= 11 is 0. The highest BCUT2D eigenvalue weighted by atomic mass is 16.7. The smallest absolute Gasteiger partial charge is 0.160 e. The highest BCUT2D eigenvalue weighted by Gasteiger charge is 2.47. The molecule has 2 fully saturated rings. The summed E-state index contributed by atoms with van der Waals surface area (Å²) in [5.74, 6) is 2.05. The van der Waals surface area contributed by atoms with Crippen LogP contribution in [0.25, 0.3) is 0 Å². The van der Waals surface area contributed by atoms with E-state index in [1.807, 2.05) is 0 Å². The Hall–Kier alpha value is -0.0800. The first-order valence-electron chi connectivity index (χ1n) is 6.75. The Bertz CT molecular complexity index is 229. The van der Waals surface area contributed by atoms with Crippen LogP contribution in [0.1, 0.15) is 47.0 Å². The third-order valence-electron chi connectivity index (χ3n) is 4.91. The summed E-state index contributed by atoms with van der Waals surface area (Å²) in [6, 6.07) is 0. The fourth-order valence-corrected chi connectivity index (χ4v) is 3.30. The molecule has 2 nitrogen and oxygen atoms in total. The zero-order valence-corrected chi connectivity index (χ0v) is 11.2. The van der Waals surface area contributed by atoms with Gasteiger partial charge in [0.25, 0.3) is 0 Å². The van der Waals surface area contributed by atoms with Crippen LogP contribution < -0.4 is 0 Å². The van der Waals surface area contributed by atoms with Crippen LogP contribution in [0.3, 0.4) is 0 Å². The van der Waals surface area contributed by atoms with Gasteiger partial charge in [-0.25, -0.2) is 0 Å². The van der Waals surface area contributed by atoms with Crippen LogP contribution in [0.2, 0.25) is 0 Å². The molecule has 2 rings (SSSR count). The summed E-state index contributed by atoms with van der Waals surface area (Å²) in [4.78, 5) is 0. The first kappa shape index (κ1) is 12.4. The lowest BCUT2D eigenvalue weighted by atomic mass is 9.81. The van der Waals surface area contributed by atoms with Crippen molar-refractivity contribution in [2.24, 2.45) is 23.2 Å². The minimum atomic E-state index is 0.0572. The van der Waals surface area contributed by atoms with E-state index in [1.54, 1.807) is 0 Å². The Labute approximate surface area is 99.7 Å². The zero-order valence-electron chi connectivity index (χ0n) is 11.2. The molecule has 0 aromatic rings. The minimum absolute atomic E-state index is 0.0572. The zero-order chi connectivity index (χ0) is 11.8. The molecule has 0 bridgehead atoms. The number of rotatable bonds is 1. The Balaban J connectivity index is 2.04. The molecular weight excluding hydrogens is 200 g/mol. The highest BCUT2D eigenvalue weighted by molar-refractivity contribution is 4.93.